The molecule has 1 aliphatic heterocycles. The van der Waals surface area contributed by atoms with E-state index in [-0.39, 0.29) is 24.9 Å². The summed E-state index contributed by atoms with van der Waals surface area (Å²) in [7, 11) is 1.89. The molecular formula is C22H27LiN6O-2. The van der Waals surface area contributed by atoms with E-state index in [1.807, 2.05) is 39.2 Å². The predicted molar refractivity (Wildman–Crippen MR) is 117 cm³/mol. The number of hydrogen-bond acceptors (Lipinski definition) is 4. The van der Waals surface area contributed by atoms with Crippen molar-refractivity contribution in [3.05, 3.63) is 61.6 Å². The van der Waals surface area contributed by atoms with Crippen molar-refractivity contribution in [3.8, 4) is 0 Å². The van der Waals surface area contributed by atoms with Crippen LogP contribution in [0.3, 0.4) is 0 Å². The van der Waals surface area contributed by atoms with Crippen molar-refractivity contribution in [3.63, 3.8) is 0 Å². The molecule has 2 aromatic heterocycles. The van der Waals surface area contributed by atoms with Crippen molar-refractivity contribution < 1.29 is 23.7 Å². The fraction of sp³-hybridized carbons (Fsp3) is 0.318. The van der Waals surface area contributed by atoms with Gasteiger partial charge in [-0.05, 0) is 31.0 Å². The zero-order valence-corrected chi connectivity index (χ0v) is 18.2. The number of urea groups is 1. The van der Waals surface area contributed by atoms with E-state index < -0.39 is 0 Å². The SMILES string of the molecule is Cc1cc(NC(=O)N2CCc3[c-]ccnc32)cc2cn(C)nc12.[CH2-]CN[C@@H]([CH2-])C.[Li+]. The van der Waals surface area contributed by atoms with Gasteiger partial charge in [0.15, 0.2) is 0 Å². The summed E-state index contributed by atoms with van der Waals surface area (Å²) in [6.07, 6.45) is 4.40. The van der Waals surface area contributed by atoms with Crippen LogP contribution in [-0.2, 0) is 13.5 Å². The molecule has 0 radical (unpaired) electrons. The number of anilines is 2. The van der Waals surface area contributed by atoms with Gasteiger partial charge in [0.05, 0.1) is 5.52 Å². The molecule has 0 fully saturated rings. The summed E-state index contributed by atoms with van der Waals surface area (Å²) in [4.78, 5) is 18.5. The molecule has 0 unspecified atom stereocenters. The third-order valence-corrected chi connectivity index (χ3v) is 4.54. The Balaban J connectivity index is 0.000000405. The van der Waals surface area contributed by atoms with Crippen molar-refractivity contribution in [1.29, 1.82) is 0 Å². The van der Waals surface area contributed by atoms with E-state index in [0.29, 0.717) is 18.4 Å². The number of benzene rings is 1. The molecule has 0 saturated carbocycles. The minimum Gasteiger partial charge on any atom is -0.373 e. The van der Waals surface area contributed by atoms with Crippen LogP contribution < -0.4 is 34.4 Å². The van der Waals surface area contributed by atoms with Crippen molar-refractivity contribution in [2.24, 2.45) is 7.05 Å². The number of hydrogen-bond donors (Lipinski definition) is 2. The van der Waals surface area contributed by atoms with Gasteiger partial charge in [-0.2, -0.15) is 17.2 Å². The van der Waals surface area contributed by atoms with Crippen LogP contribution in [0.4, 0.5) is 16.3 Å². The molecule has 3 heterocycles. The summed E-state index contributed by atoms with van der Waals surface area (Å²) in [5.74, 6) is 0.698. The van der Waals surface area contributed by atoms with Crippen LogP contribution in [0.5, 0.6) is 0 Å². The maximum atomic E-state index is 12.6. The number of fused-ring (bicyclic) bond motifs is 2. The molecule has 0 saturated heterocycles. The number of carbonyl (C=O) groups excluding carboxylic acids is 1. The van der Waals surface area contributed by atoms with Crippen LogP contribution in [0.1, 0.15) is 18.1 Å². The van der Waals surface area contributed by atoms with E-state index >= 15 is 0 Å². The zero-order valence-electron chi connectivity index (χ0n) is 18.2. The summed E-state index contributed by atoms with van der Waals surface area (Å²) >= 11 is 0. The predicted octanol–water partition coefficient (Wildman–Crippen LogP) is 0.308. The van der Waals surface area contributed by atoms with Crippen LogP contribution in [0, 0.1) is 26.8 Å². The first kappa shape index (κ1) is 23.9. The third kappa shape index (κ3) is 5.63. The number of rotatable bonds is 3. The van der Waals surface area contributed by atoms with Gasteiger partial charge in [-0.25, -0.2) is 4.79 Å². The molecule has 0 bridgehead atoms. The van der Waals surface area contributed by atoms with Gasteiger partial charge in [-0.15, -0.1) is 18.2 Å². The van der Waals surface area contributed by atoms with Gasteiger partial charge in [-0.3, -0.25) is 4.68 Å². The molecular weight excluding hydrogens is 371 g/mol. The number of pyridine rings is 1. The van der Waals surface area contributed by atoms with Crippen LogP contribution in [-0.4, -0.2) is 39.9 Å². The normalized spacial score (nSPS) is 13.2. The Kier molecular flexibility index (Phi) is 8.48. The zero-order chi connectivity index (χ0) is 21.0. The van der Waals surface area contributed by atoms with Gasteiger partial charge in [-0.1, -0.05) is 13.1 Å². The smallest absolute Gasteiger partial charge is 0.373 e. The van der Waals surface area contributed by atoms with Crippen molar-refractivity contribution in [2.75, 3.05) is 23.3 Å². The Morgan fingerprint density at radius 1 is 1.40 bits per heavy atom. The molecule has 154 valence electrons. The van der Waals surface area contributed by atoms with Crippen molar-refractivity contribution >= 4 is 28.4 Å². The molecule has 4 rings (SSSR count). The Labute approximate surface area is 190 Å². The molecule has 1 aliphatic rings. The van der Waals surface area contributed by atoms with E-state index in [0.717, 1.165) is 40.7 Å². The largest absolute Gasteiger partial charge is 1.00 e. The summed E-state index contributed by atoms with van der Waals surface area (Å²) < 4.78 is 1.78. The number of aryl methyl sites for hydroxylation is 2. The van der Waals surface area contributed by atoms with Gasteiger partial charge >= 0.3 is 24.9 Å². The summed E-state index contributed by atoms with van der Waals surface area (Å²) in [6.45, 7) is 12.6. The summed E-state index contributed by atoms with van der Waals surface area (Å²) in [5.41, 5.74) is 3.74. The van der Waals surface area contributed by atoms with Crippen LogP contribution in [0.25, 0.3) is 10.9 Å². The molecule has 7 nitrogen and oxygen atoms in total. The Morgan fingerprint density at radius 3 is 2.83 bits per heavy atom. The van der Waals surface area contributed by atoms with Gasteiger partial charge in [0, 0.05) is 36.7 Å². The van der Waals surface area contributed by atoms with Gasteiger partial charge in [0.25, 0.3) is 0 Å². The van der Waals surface area contributed by atoms with Crippen LogP contribution in [0.15, 0.2) is 30.6 Å². The van der Waals surface area contributed by atoms with Crippen molar-refractivity contribution in [1.82, 2.24) is 20.1 Å². The molecule has 0 aliphatic carbocycles. The second-order valence-corrected chi connectivity index (χ2v) is 7.11. The van der Waals surface area contributed by atoms with E-state index in [2.05, 4.69) is 40.6 Å². The molecule has 2 N–H and O–H groups in total. The first-order chi connectivity index (χ1) is 13.9. The third-order valence-electron chi connectivity index (χ3n) is 4.54. The first-order valence-electron chi connectivity index (χ1n) is 9.63. The quantitative estimate of drug-likeness (QED) is 0.492. The minimum absolute atomic E-state index is 0. The summed E-state index contributed by atoms with van der Waals surface area (Å²) in [6, 6.07) is 8.96. The number of aromatic nitrogens is 3. The number of nitrogens with zero attached hydrogens (tertiary/aromatic N) is 4. The molecule has 3 aromatic rings. The van der Waals surface area contributed by atoms with E-state index in [1.165, 1.54) is 0 Å². The first-order valence-corrected chi connectivity index (χ1v) is 9.63. The number of amides is 2. The van der Waals surface area contributed by atoms with E-state index in [9.17, 15) is 4.79 Å². The van der Waals surface area contributed by atoms with E-state index in [1.54, 1.807) is 21.8 Å². The second-order valence-electron chi connectivity index (χ2n) is 7.11. The molecule has 0 spiro atoms. The van der Waals surface area contributed by atoms with Crippen LogP contribution >= 0.6 is 0 Å². The van der Waals surface area contributed by atoms with Gasteiger partial charge < -0.3 is 34.4 Å². The Bertz CT molecular complexity index is 1000. The Hall–Kier alpha value is -2.33. The monoisotopic (exact) mass is 398 g/mol. The maximum Gasteiger partial charge on any atom is 1.00 e. The number of nitrogens with one attached hydrogen (secondary N) is 2. The minimum atomic E-state index is -0.168. The molecule has 1 atom stereocenters. The number of carbonyl (C=O) groups is 1. The fourth-order valence-corrected chi connectivity index (χ4v) is 3.27. The maximum absolute atomic E-state index is 12.6. The average Bonchev–Trinajstić information content (AvgIpc) is 3.25. The molecule has 8 heteroatoms. The van der Waals surface area contributed by atoms with E-state index in [4.69, 9.17) is 0 Å². The average molecular weight is 398 g/mol. The molecule has 2 amide bonds. The Morgan fingerprint density at radius 2 is 2.17 bits per heavy atom. The summed E-state index contributed by atoms with van der Waals surface area (Å²) in [5, 5.41) is 11.4. The second kappa shape index (κ2) is 10.6. The van der Waals surface area contributed by atoms with Crippen molar-refractivity contribution in [2.45, 2.75) is 26.3 Å². The van der Waals surface area contributed by atoms with Gasteiger partial charge in [0.2, 0.25) is 0 Å². The topological polar surface area (TPSA) is 75.1 Å². The van der Waals surface area contributed by atoms with Crippen LogP contribution in [0.2, 0.25) is 0 Å². The fourth-order valence-electron chi connectivity index (χ4n) is 3.27. The molecule has 30 heavy (non-hydrogen) atoms. The molecule has 1 aromatic carbocycles. The standard InChI is InChI=1S/C17H16N5O.C5H11N.Li/c1-11-8-14(9-13-10-21(2)20-15(11)13)19-17(23)22-7-5-12-4-3-6-18-16(12)22;1-4-6-5(2)3;/h3,6,8-10H,5,7H2,1-2H3,(H,19,23);5-6H,1-2,4H2,3H3;/q-1;-2;+1/t;5-;/m.0./s1. The van der Waals surface area contributed by atoms with Gasteiger partial charge in [0.1, 0.15) is 0 Å².